The van der Waals surface area contributed by atoms with Crippen molar-refractivity contribution >= 4 is 16.6 Å². The van der Waals surface area contributed by atoms with Crippen LogP contribution in [-0.2, 0) is 13.0 Å². The number of aryl methyl sites for hydroxylation is 1. The highest BCUT2D eigenvalue weighted by atomic mass is 16.5. The highest BCUT2D eigenvalue weighted by Gasteiger charge is 2.22. The van der Waals surface area contributed by atoms with Crippen molar-refractivity contribution in [3.63, 3.8) is 0 Å². The Morgan fingerprint density at radius 1 is 0.828 bits per heavy atom. The van der Waals surface area contributed by atoms with Gasteiger partial charge >= 0.3 is 0 Å². The molecule has 2 aromatic carbocycles. The minimum atomic E-state index is 0.836. The second kappa shape index (κ2) is 8.50. The molecule has 0 spiro atoms. The van der Waals surface area contributed by atoms with Gasteiger partial charge < -0.3 is 19.1 Å². The average Bonchev–Trinajstić information content (AvgIpc) is 3.33. The Kier molecular flexibility index (Phi) is 5.44. The summed E-state index contributed by atoms with van der Waals surface area (Å²) in [6, 6.07) is 17.5. The van der Waals surface area contributed by atoms with Crippen molar-refractivity contribution in [1.82, 2.24) is 9.47 Å². The zero-order chi connectivity index (χ0) is 19.5. The lowest BCUT2D eigenvalue weighted by Gasteiger charge is -2.25. The smallest absolute Gasteiger partial charge is 0.145 e. The van der Waals surface area contributed by atoms with Crippen LogP contribution < -0.4 is 9.64 Å². The van der Waals surface area contributed by atoms with Crippen molar-refractivity contribution in [2.24, 2.45) is 0 Å². The molecule has 5 rings (SSSR count). The standard InChI is InChI=1S/C25H31N3O/c1-2-9-23-21(7-1)11-17-27(23)15-4-3-13-26-14-6-16-28(19-18-26)24-10-5-8-22-12-20-29-25(22)24/h1-2,5,7-11,17H,3-4,6,12-16,18-20H2. The maximum absolute atomic E-state index is 5.94. The van der Waals surface area contributed by atoms with Crippen molar-refractivity contribution in [1.29, 1.82) is 0 Å². The first-order valence-electron chi connectivity index (χ1n) is 11.1. The van der Waals surface area contributed by atoms with Crippen molar-refractivity contribution in [3.8, 4) is 5.75 Å². The second-order valence-electron chi connectivity index (χ2n) is 8.32. The zero-order valence-electron chi connectivity index (χ0n) is 17.2. The summed E-state index contributed by atoms with van der Waals surface area (Å²) >= 11 is 0. The van der Waals surface area contributed by atoms with Gasteiger partial charge in [-0.25, -0.2) is 0 Å². The van der Waals surface area contributed by atoms with E-state index in [1.165, 1.54) is 54.5 Å². The molecule has 29 heavy (non-hydrogen) atoms. The molecule has 0 amide bonds. The Hall–Kier alpha value is -2.46. The summed E-state index contributed by atoms with van der Waals surface area (Å²) in [7, 11) is 0. The molecular formula is C25H31N3O. The van der Waals surface area contributed by atoms with Crippen LogP contribution in [0.25, 0.3) is 10.9 Å². The molecule has 1 aromatic heterocycles. The maximum atomic E-state index is 5.94. The van der Waals surface area contributed by atoms with Gasteiger partial charge in [-0.05, 0) is 61.5 Å². The van der Waals surface area contributed by atoms with Crippen LogP contribution in [0.4, 0.5) is 5.69 Å². The van der Waals surface area contributed by atoms with Crippen LogP contribution in [-0.4, -0.2) is 48.8 Å². The van der Waals surface area contributed by atoms with Crippen LogP contribution >= 0.6 is 0 Å². The van der Waals surface area contributed by atoms with E-state index in [-0.39, 0.29) is 0 Å². The first-order valence-corrected chi connectivity index (χ1v) is 11.1. The molecule has 0 unspecified atom stereocenters. The topological polar surface area (TPSA) is 20.6 Å². The van der Waals surface area contributed by atoms with Crippen LogP contribution in [0.15, 0.2) is 54.7 Å². The highest BCUT2D eigenvalue weighted by Crippen LogP contribution is 2.36. The summed E-state index contributed by atoms with van der Waals surface area (Å²) in [4.78, 5) is 5.19. The van der Waals surface area contributed by atoms with E-state index in [1.807, 2.05) is 0 Å². The Bertz CT molecular complexity index is 964. The van der Waals surface area contributed by atoms with Gasteiger partial charge in [-0.15, -0.1) is 0 Å². The van der Waals surface area contributed by atoms with Gasteiger partial charge in [-0.3, -0.25) is 0 Å². The lowest BCUT2D eigenvalue weighted by Crippen LogP contribution is -2.31. The summed E-state index contributed by atoms with van der Waals surface area (Å²) in [6.45, 7) is 7.74. The van der Waals surface area contributed by atoms with Gasteiger partial charge in [0.05, 0.1) is 12.3 Å². The average molecular weight is 390 g/mol. The summed E-state index contributed by atoms with van der Waals surface area (Å²) in [5.41, 5.74) is 4.04. The van der Waals surface area contributed by atoms with Gasteiger partial charge in [0, 0.05) is 44.3 Å². The first-order chi connectivity index (χ1) is 14.4. The molecule has 2 aliphatic rings. The van der Waals surface area contributed by atoms with Crippen molar-refractivity contribution in [2.45, 2.75) is 32.2 Å². The predicted molar refractivity (Wildman–Crippen MR) is 120 cm³/mol. The summed E-state index contributed by atoms with van der Waals surface area (Å²) in [5, 5.41) is 1.34. The van der Waals surface area contributed by atoms with E-state index < -0.39 is 0 Å². The molecule has 1 saturated heterocycles. The number of unbranched alkanes of at least 4 members (excludes halogenated alkanes) is 1. The number of benzene rings is 2. The minimum absolute atomic E-state index is 0.836. The molecule has 2 aliphatic heterocycles. The van der Waals surface area contributed by atoms with Crippen LogP contribution in [0.2, 0.25) is 0 Å². The molecular weight excluding hydrogens is 358 g/mol. The van der Waals surface area contributed by atoms with Gasteiger partial charge in [0.25, 0.3) is 0 Å². The number of anilines is 1. The Labute approximate surface area is 173 Å². The Morgan fingerprint density at radius 2 is 1.76 bits per heavy atom. The van der Waals surface area contributed by atoms with E-state index in [1.54, 1.807) is 0 Å². The number of hydrogen-bond acceptors (Lipinski definition) is 3. The monoisotopic (exact) mass is 389 g/mol. The summed E-state index contributed by atoms with van der Waals surface area (Å²) in [5.74, 6) is 1.14. The van der Waals surface area contributed by atoms with Gasteiger partial charge in [-0.2, -0.15) is 0 Å². The molecule has 4 nitrogen and oxygen atoms in total. The molecule has 152 valence electrons. The molecule has 3 heterocycles. The van der Waals surface area contributed by atoms with Crippen molar-refractivity contribution in [2.75, 3.05) is 44.2 Å². The van der Waals surface area contributed by atoms with Crippen LogP contribution in [0.1, 0.15) is 24.8 Å². The fourth-order valence-corrected chi connectivity index (χ4v) is 4.84. The Morgan fingerprint density at radius 3 is 2.76 bits per heavy atom. The second-order valence-corrected chi connectivity index (χ2v) is 8.32. The number of ether oxygens (including phenoxy) is 1. The molecule has 3 aromatic rings. The van der Waals surface area contributed by atoms with E-state index in [2.05, 4.69) is 69.1 Å². The summed E-state index contributed by atoms with van der Waals surface area (Å²) in [6.07, 6.45) is 7.01. The largest absolute Gasteiger partial charge is 0.491 e. The predicted octanol–water partition coefficient (Wildman–Crippen LogP) is 4.57. The molecule has 0 aliphatic carbocycles. The van der Waals surface area contributed by atoms with Gasteiger partial charge in [-0.1, -0.05) is 30.3 Å². The SMILES string of the molecule is c1cc2c(c(N3CCCN(CCCCn4ccc5ccccc54)CC3)c1)OCC2. The fourth-order valence-electron chi connectivity index (χ4n) is 4.84. The maximum Gasteiger partial charge on any atom is 0.145 e. The van der Waals surface area contributed by atoms with E-state index >= 15 is 0 Å². The summed E-state index contributed by atoms with van der Waals surface area (Å²) < 4.78 is 8.34. The molecule has 0 saturated carbocycles. The molecule has 0 N–H and O–H groups in total. The third kappa shape index (κ3) is 3.99. The first kappa shape index (κ1) is 18.6. The molecule has 0 radical (unpaired) electrons. The van der Waals surface area contributed by atoms with Crippen molar-refractivity contribution < 1.29 is 4.74 Å². The molecule has 1 fully saturated rings. The number of hydrogen-bond donors (Lipinski definition) is 0. The number of aromatic nitrogens is 1. The van der Waals surface area contributed by atoms with Gasteiger partial charge in [0.2, 0.25) is 0 Å². The minimum Gasteiger partial charge on any atom is -0.491 e. The van der Waals surface area contributed by atoms with Gasteiger partial charge in [0.15, 0.2) is 0 Å². The van der Waals surface area contributed by atoms with Crippen molar-refractivity contribution in [3.05, 3.63) is 60.3 Å². The van der Waals surface area contributed by atoms with E-state index in [0.717, 1.165) is 45.0 Å². The highest BCUT2D eigenvalue weighted by molar-refractivity contribution is 5.79. The van der Waals surface area contributed by atoms with E-state index in [0.29, 0.717) is 0 Å². The molecule has 0 atom stereocenters. The number of rotatable bonds is 6. The fraction of sp³-hybridized carbons (Fsp3) is 0.440. The van der Waals surface area contributed by atoms with E-state index in [9.17, 15) is 0 Å². The normalized spacial score (nSPS) is 17.3. The lowest BCUT2D eigenvalue weighted by atomic mass is 10.1. The number of nitrogens with zero attached hydrogens (tertiary/aromatic N) is 3. The third-order valence-electron chi connectivity index (χ3n) is 6.43. The van der Waals surface area contributed by atoms with Gasteiger partial charge in [0.1, 0.15) is 5.75 Å². The Balaban J connectivity index is 1.12. The molecule has 0 bridgehead atoms. The molecule has 4 heteroatoms. The zero-order valence-corrected chi connectivity index (χ0v) is 17.2. The van der Waals surface area contributed by atoms with Crippen LogP contribution in [0.3, 0.4) is 0 Å². The quantitative estimate of drug-likeness (QED) is 0.576. The lowest BCUT2D eigenvalue weighted by molar-refractivity contribution is 0.285. The van der Waals surface area contributed by atoms with Crippen LogP contribution in [0.5, 0.6) is 5.75 Å². The van der Waals surface area contributed by atoms with Crippen LogP contribution in [0, 0.1) is 0 Å². The van der Waals surface area contributed by atoms with E-state index in [4.69, 9.17) is 4.74 Å². The number of para-hydroxylation sites is 2. The third-order valence-corrected chi connectivity index (χ3v) is 6.43. The number of fused-ring (bicyclic) bond motifs is 2.